The van der Waals surface area contributed by atoms with E-state index in [1.807, 2.05) is 91.0 Å². The Morgan fingerprint density at radius 2 is 1.68 bits per heavy atom. The van der Waals surface area contributed by atoms with E-state index in [0.717, 1.165) is 28.5 Å². The van der Waals surface area contributed by atoms with Crippen LogP contribution in [0.15, 0.2) is 103 Å². The number of thiocarbonyl (C=S) groups is 1. The topological polar surface area (TPSA) is 71.4 Å². The van der Waals surface area contributed by atoms with Crippen LogP contribution in [0.3, 0.4) is 0 Å². The Bertz CT molecular complexity index is 1810. The summed E-state index contributed by atoms with van der Waals surface area (Å²) >= 11 is 12.4. The summed E-state index contributed by atoms with van der Waals surface area (Å²) in [5.41, 5.74) is 8.05. The van der Waals surface area contributed by atoms with E-state index in [2.05, 4.69) is 46.9 Å². The Labute approximate surface area is 267 Å². The predicted molar refractivity (Wildman–Crippen MR) is 180 cm³/mol. The Hall–Kier alpha value is -4.66. The van der Waals surface area contributed by atoms with Gasteiger partial charge in [0.25, 0.3) is 5.91 Å². The van der Waals surface area contributed by atoms with Crippen molar-refractivity contribution in [1.29, 1.82) is 0 Å². The van der Waals surface area contributed by atoms with E-state index in [1.54, 1.807) is 6.20 Å². The van der Waals surface area contributed by atoms with E-state index < -0.39 is 0 Å². The highest BCUT2D eigenvalue weighted by atomic mass is 35.5. The lowest BCUT2D eigenvalue weighted by Crippen LogP contribution is -2.30. The summed E-state index contributed by atoms with van der Waals surface area (Å²) in [5, 5.41) is 7.76. The maximum Gasteiger partial charge on any atom is 0.262 e. The number of rotatable bonds is 8. The molecule has 2 atom stereocenters. The van der Waals surface area contributed by atoms with Gasteiger partial charge in [-0.3, -0.25) is 9.78 Å². The van der Waals surface area contributed by atoms with Crippen molar-refractivity contribution in [2.45, 2.75) is 32.9 Å². The first-order chi connectivity index (χ1) is 21.3. The molecule has 0 saturated carbocycles. The lowest BCUT2D eigenvalue weighted by Gasteiger charge is -2.29. The van der Waals surface area contributed by atoms with Crippen molar-refractivity contribution < 1.29 is 9.53 Å². The van der Waals surface area contributed by atoms with Crippen molar-refractivity contribution in [1.82, 2.24) is 14.9 Å². The second kappa shape index (κ2) is 12.5. The van der Waals surface area contributed by atoms with Crippen molar-refractivity contribution in [2.75, 3.05) is 16.8 Å². The average Bonchev–Trinajstić information content (AvgIpc) is 3.48. The summed E-state index contributed by atoms with van der Waals surface area (Å²) in [6, 6.07) is 30.4. The monoisotopic (exact) mass is 621 g/mol. The number of nitrogens with one attached hydrogen (secondary N) is 2. The van der Waals surface area contributed by atoms with Crippen LogP contribution in [0.1, 0.15) is 40.3 Å². The number of hydrogen-bond donors (Lipinski definition) is 2. The first-order valence-corrected chi connectivity index (χ1v) is 15.1. The minimum absolute atomic E-state index is 0.0821. The van der Waals surface area contributed by atoms with Crippen molar-refractivity contribution in [3.05, 3.63) is 136 Å². The van der Waals surface area contributed by atoms with E-state index in [4.69, 9.17) is 33.5 Å². The number of carbonyl (C=O) groups is 1. The third-order valence-corrected chi connectivity index (χ3v) is 8.56. The lowest BCUT2D eigenvalue weighted by molar-refractivity contribution is -0.118. The summed E-state index contributed by atoms with van der Waals surface area (Å²) < 4.78 is 7.84. The van der Waals surface area contributed by atoms with Gasteiger partial charge in [-0.15, -0.1) is 0 Å². The summed E-state index contributed by atoms with van der Waals surface area (Å²) in [4.78, 5) is 19.4. The fourth-order valence-electron chi connectivity index (χ4n) is 5.94. The highest BCUT2D eigenvalue weighted by molar-refractivity contribution is 7.80. The molecule has 2 N–H and O–H groups in total. The predicted octanol–water partition coefficient (Wildman–Crippen LogP) is 7.65. The molecule has 222 valence electrons. The molecular formula is C35H32ClN5O2S. The smallest absolute Gasteiger partial charge is 0.262 e. The normalized spacial score (nSPS) is 16.1. The lowest BCUT2D eigenvalue weighted by atomic mass is 9.93. The molecule has 1 saturated heterocycles. The van der Waals surface area contributed by atoms with Gasteiger partial charge in [0, 0.05) is 45.2 Å². The highest BCUT2D eigenvalue weighted by Gasteiger charge is 2.43. The Morgan fingerprint density at radius 3 is 2.39 bits per heavy atom. The molecule has 7 nitrogen and oxygen atoms in total. The van der Waals surface area contributed by atoms with E-state index in [-0.39, 0.29) is 24.6 Å². The molecule has 3 aromatic carbocycles. The third kappa shape index (κ3) is 5.78. The number of ether oxygens (including phenoxy) is 1. The molecule has 1 fully saturated rings. The van der Waals surface area contributed by atoms with E-state index in [0.29, 0.717) is 21.6 Å². The van der Waals surface area contributed by atoms with Crippen LogP contribution in [0.2, 0.25) is 5.02 Å². The van der Waals surface area contributed by atoms with Crippen molar-refractivity contribution in [3.8, 4) is 11.4 Å². The van der Waals surface area contributed by atoms with Crippen LogP contribution in [0.4, 0.5) is 11.4 Å². The average molecular weight is 622 g/mol. The minimum atomic E-state index is -0.239. The van der Waals surface area contributed by atoms with Gasteiger partial charge in [-0.25, -0.2) is 0 Å². The van der Waals surface area contributed by atoms with Gasteiger partial charge in [0.2, 0.25) is 0 Å². The van der Waals surface area contributed by atoms with E-state index in [9.17, 15) is 4.79 Å². The largest absolute Gasteiger partial charge is 0.484 e. The summed E-state index contributed by atoms with van der Waals surface area (Å²) in [7, 11) is 0. The SMILES string of the molecule is Cc1c([C@@H]2[C@@H](c3ccccn3)NC(=S)N2c2ccc(NC(=O)COc3ccccc3)cc2)c(C)n(-c2cccc(Cl)c2)c1C. The van der Waals surface area contributed by atoms with Gasteiger partial charge in [0.05, 0.1) is 17.8 Å². The zero-order valence-corrected chi connectivity index (χ0v) is 26.2. The van der Waals surface area contributed by atoms with Crippen molar-refractivity contribution in [2.24, 2.45) is 0 Å². The minimum Gasteiger partial charge on any atom is -0.484 e. The van der Waals surface area contributed by atoms with Gasteiger partial charge in [-0.05, 0) is 105 Å². The number of hydrogen-bond acceptors (Lipinski definition) is 4. The second-order valence-corrected chi connectivity index (χ2v) is 11.5. The standard InChI is InChI=1S/C35H32ClN5O2S/c1-22-23(2)40(28-11-9-10-25(36)20-28)24(3)32(22)34-33(30-14-7-8-19-37-30)39-35(44)41(34)27-17-15-26(16-18-27)38-31(42)21-43-29-12-5-4-6-13-29/h4-20,33-34H,21H2,1-3H3,(H,38,42)(H,39,44)/t33-,34-/m1/s1. The Morgan fingerprint density at radius 1 is 0.932 bits per heavy atom. The number of nitrogens with zero attached hydrogens (tertiary/aromatic N) is 3. The van der Waals surface area contributed by atoms with Gasteiger partial charge < -0.3 is 24.8 Å². The fraction of sp³-hybridized carbons (Fsp3) is 0.171. The molecule has 5 aromatic rings. The van der Waals surface area contributed by atoms with Crippen LogP contribution in [-0.2, 0) is 4.79 Å². The van der Waals surface area contributed by atoms with Crippen LogP contribution < -0.4 is 20.3 Å². The fourth-order valence-corrected chi connectivity index (χ4v) is 6.47. The highest BCUT2D eigenvalue weighted by Crippen LogP contribution is 2.45. The van der Waals surface area contributed by atoms with Gasteiger partial charge in [0.15, 0.2) is 11.7 Å². The molecule has 1 aliphatic rings. The van der Waals surface area contributed by atoms with Gasteiger partial charge in [0.1, 0.15) is 5.75 Å². The van der Waals surface area contributed by atoms with Gasteiger partial charge >= 0.3 is 0 Å². The molecule has 0 aliphatic carbocycles. The molecule has 0 spiro atoms. The molecule has 44 heavy (non-hydrogen) atoms. The zero-order chi connectivity index (χ0) is 30.8. The molecule has 0 radical (unpaired) electrons. The summed E-state index contributed by atoms with van der Waals surface area (Å²) in [5.74, 6) is 0.406. The molecule has 0 unspecified atom stereocenters. The number of halogens is 1. The molecule has 3 heterocycles. The number of benzene rings is 3. The molecular weight excluding hydrogens is 590 g/mol. The molecule has 2 aromatic heterocycles. The summed E-state index contributed by atoms with van der Waals surface area (Å²) in [6.45, 7) is 6.35. The maximum absolute atomic E-state index is 12.6. The number of amides is 1. The zero-order valence-electron chi connectivity index (χ0n) is 24.6. The first-order valence-electron chi connectivity index (χ1n) is 14.3. The number of anilines is 2. The number of pyridine rings is 1. The number of aromatic nitrogens is 2. The Kier molecular flexibility index (Phi) is 8.37. The quantitative estimate of drug-likeness (QED) is 0.174. The van der Waals surface area contributed by atoms with Crippen LogP contribution in [0.5, 0.6) is 5.75 Å². The summed E-state index contributed by atoms with van der Waals surface area (Å²) in [6.07, 6.45) is 1.81. The molecule has 1 aliphatic heterocycles. The van der Waals surface area contributed by atoms with Gasteiger partial charge in [-0.1, -0.05) is 41.9 Å². The van der Waals surface area contributed by atoms with Crippen molar-refractivity contribution in [3.63, 3.8) is 0 Å². The van der Waals surface area contributed by atoms with Crippen LogP contribution >= 0.6 is 23.8 Å². The Balaban J connectivity index is 1.34. The molecule has 9 heteroatoms. The van der Waals surface area contributed by atoms with E-state index in [1.165, 1.54) is 11.1 Å². The molecule has 1 amide bonds. The number of carbonyl (C=O) groups excluding carboxylic acids is 1. The van der Waals surface area contributed by atoms with E-state index >= 15 is 0 Å². The number of para-hydroxylation sites is 1. The second-order valence-electron chi connectivity index (χ2n) is 10.7. The van der Waals surface area contributed by atoms with Crippen LogP contribution in [-0.4, -0.2) is 27.2 Å². The van der Waals surface area contributed by atoms with Gasteiger partial charge in [-0.2, -0.15) is 0 Å². The van der Waals surface area contributed by atoms with Crippen LogP contribution in [0, 0.1) is 20.8 Å². The van der Waals surface area contributed by atoms with Crippen molar-refractivity contribution >= 4 is 46.2 Å². The molecule has 0 bridgehead atoms. The van der Waals surface area contributed by atoms with Crippen LogP contribution in [0.25, 0.3) is 5.69 Å². The first kappa shape index (κ1) is 29.4. The third-order valence-electron chi connectivity index (χ3n) is 8.01. The maximum atomic E-state index is 12.6. The molecule has 6 rings (SSSR count).